The van der Waals surface area contributed by atoms with Gasteiger partial charge in [0.25, 0.3) is 0 Å². The SMILES string of the molecule is CC(C)=CC(c1ccc(CN(CC(=O)O)CC(=O)O)cc1)C(C)C. The monoisotopic (exact) mass is 333 g/mol. The van der Waals surface area contributed by atoms with E-state index < -0.39 is 11.9 Å². The van der Waals surface area contributed by atoms with E-state index in [1.807, 2.05) is 24.3 Å². The van der Waals surface area contributed by atoms with Crippen molar-refractivity contribution >= 4 is 11.9 Å². The smallest absolute Gasteiger partial charge is 0.317 e. The molecule has 5 nitrogen and oxygen atoms in total. The molecule has 1 unspecified atom stereocenters. The third-order valence-corrected chi connectivity index (χ3v) is 3.72. The second-order valence-electron chi connectivity index (χ2n) is 6.69. The third-order valence-electron chi connectivity index (χ3n) is 3.72. The summed E-state index contributed by atoms with van der Waals surface area (Å²) in [5.74, 6) is -1.26. The number of carboxylic acids is 2. The minimum absolute atomic E-state index is 0.291. The molecule has 2 N–H and O–H groups in total. The molecule has 0 spiro atoms. The molecular weight excluding hydrogens is 306 g/mol. The molecule has 1 aromatic carbocycles. The summed E-state index contributed by atoms with van der Waals surface area (Å²) in [6.07, 6.45) is 2.25. The van der Waals surface area contributed by atoms with Crippen LogP contribution < -0.4 is 0 Å². The molecule has 0 bridgehead atoms. The number of nitrogens with zero attached hydrogens (tertiary/aromatic N) is 1. The molecule has 0 aliphatic rings. The predicted octanol–water partition coefficient (Wildman–Crippen LogP) is 3.36. The molecule has 0 heterocycles. The quantitative estimate of drug-likeness (QED) is 0.678. The zero-order chi connectivity index (χ0) is 18.3. The van der Waals surface area contributed by atoms with Gasteiger partial charge in [0.05, 0.1) is 13.1 Å². The number of carbonyl (C=O) groups is 2. The van der Waals surface area contributed by atoms with E-state index in [0.29, 0.717) is 18.4 Å². The van der Waals surface area contributed by atoms with Crippen molar-refractivity contribution < 1.29 is 19.8 Å². The van der Waals surface area contributed by atoms with Crippen LogP contribution in [0.15, 0.2) is 35.9 Å². The summed E-state index contributed by atoms with van der Waals surface area (Å²) in [7, 11) is 0. The molecule has 0 fully saturated rings. The number of hydrogen-bond acceptors (Lipinski definition) is 3. The minimum Gasteiger partial charge on any atom is -0.480 e. The Bertz CT molecular complexity index is 570. The maximum atomic E-state index is 10.9. The summed E-state index contributed by atoms with van der Waals surface area (Å²) in [4.78, 5) is 23.1. The lowest BCUT2D eigenvalue weighted by Crippen LogP contribution is -2.33. The van der Waals surface area contributed by atoms with Crippen LogP contribution in [0, 0.1) is 5.92 Å². The van der Waals surface area contributed by atoms with Crippen LogP contribution in [0.25, 0.3) is 0 Å². The van der Waals surface area contributed by atoms with Crippen LogP contribution >= 0.6 is 0 Å². The predicted molar refractivity (Wildman–Crippen MR) is 94.0 cm³/mol. The molecule has 0 amide bonds. The van der Waals surface area contributed by atoms with Crippen molar-refractivity contribution in [2.75, 3.05) is 13.1 Å². The van der Waals surface area contributed by atoms with E-state index in [4.69, 9.17) is 10.2 Å². The minimum atomic E-state index is -1.03. The Morgan fingerprint density at radius 1 is 1.04 bits per heavy atom. The molecule has 0 aliphatic heterocycles. The summed E-state index contributed by atoms with van der Waals surface area (Å²) >= 11 is 0. The Hall–Kier alpha value is -2.14. The molecule has 5 heteroatoms. The van der Waals surface area contributed by atoms with Gasteiger partial charge < -0.3 is 10.2 Å². The number of aliphatic carboxylic acids is 2. The van der Waals surface area contributed by atoms with E-state index in [9.17, 15) is 9.59 Å². The lowest BCUT2D eigenvalue weighted by molar-refractivity contribution is -0.142. The van der Waals surface area contributed by atoms with Gasteiger partial charge in [0.15, 0.2) is 0 Å². The van der Waals surface area contributed by atoms with Crippen LogP contribution in [-0.2, 0) is 16.1 Å². The Morgan fingerprint density at radius 3 is 1.92 bits per heavy atom. The van der Waals surface area contributed by atoms with E-state index in [-0.39, 0.29) is 13.1 Å². The highest BCUT2D eigenvalue weighted by molar-refractivity contribution is 5.72. The number of carboxylic acid groups (broad SMARTS) is 2. The number of allylic oxidation sites excluding steroid dienone is 2. The van der Waals surface area contributed by atoms with Crippen molar-refractivity contribution in [3.63, 3.8) is 0 Å². The lowest BCUT2D eigenvalue weighted by atomic mass is 9.86. The normalized spacial score (nSPS) is 12.2. The number of hydrogen-bond donors (Lipinski definition) is 2. The van der Waals surface area contributed by atoms with E-state index in [2.05, 4.69) is 33.8 Å². The Labute approximate surface area is 143 Å². The van der Waals surface area contributed by atoms with Crippen LogP contribution in [-0.4, -0.2) is 40.1 Å². The fourth-order valence-electron chi connectivity index (χ4n) is 2.69. The summed E-state index contributed by atoms with van der Waals surface area (Å²) < 4.78 is 0. The molecule has 1 rings (SSSR count). The first-order chi connectivity index (χ1) is 11.2. The van der Waals surface area contributed by atoms with E-state index >= 15 is 0 Å². The Kier molecular flexibility index (Phi) is 7.65. The van der Waals surface area contributed by atoms with Gasteiger partial charge in [-0.1, -0.05) is 49.8 Å². The highest BCUT2D eigenvalue weighted by Gasteiger charge is 2.16. The molecule has 0 saturated carbocycles. The van der Waals surface area contributed by atoms with Crippen LogP contribution in [0.2, 0.25) is 0 Å². The van der Waals surface area contributed by atoms with E-state index in [0.717, 1.165) is 5.56 Å². The largest absolute Gasteiger partial charge is 0.480 e. The molecule has 1 aromatic rings. The lowest BCUT2D eigenvalue weighted by Gasteiger charge is -2.20. The number of benzene rings is 1. The van der Waals surface area contributed by atoms with E-state index in [1.165, 1.54) is 16.0 Å². The van der Waals surface area contributed by atoms with E-state index in [1.54, 1.807) is 0 Å². The first-order valence-electron chi connectivity index (χ1n) is 8.08. The highest BCUT2D eigenvalue weighted by atomic mass is 16.4. The zero-order valence-corrected chi connectivity index (χ0v) is 14.8. The van der Waals surface area contributed by atoms with Crippen molar-refractivity contribution in [1.82, 2.24) is 4.90 Å². The molecule has 0 saturated heterocycles. The maximum Gasteiger partial charge on any atom is 0.317 e. The first kappa shape index (κ1) is 19.9. The van der Waals surface area contributed by atoms with Gasteiger partial charge in [-0.3, -0.25) is 14.5 Å². The molecule has 0 aliphatic carbocycles. The summed E-state index contributed by atoms with van der Waals surface area (Å²) in [6.45, 7) is 8.24. The fourth-order valence-corrected chi connectivity index (χ4v) is 2.69. The summed E-state index contributed by atoms with van der Waals surface area (Å²) in [5, 5.41) is 17.8. The molecular formula is C19H27NO4. The molecule has 24 heavy (non-hydrogen) atoms. The summed E-state index contributed by atoms with van der Waals surface area (Å²) in [5.41, 5.74) is 3.38. The van der Waals surface area contributed by atoms with Gasteiger partial charge >= 0.3 is 11.9 Å². The Morgan fingerprint density at radius 2 is 1.54 bits per heavy atom. The molecule has 1 atom stereocenters. The molecule has 0 aromatic heterocycles. The topological polar surface area (TPSA) is 77.8 Å². The van der Waals surface area contributed by atoms with Crippen LogP contribution in [0.3, 0.4) is 0 Å². The second kappa shape index (κ2) is 9.23. The van der Waals surface area contributed by atoms with Gasteiger partial charge in [0.2, 0.25) is 0 Å². The van der Waals surface area contributed by atoms with Gasteiger partial charge in [0, 0.05) is 12.5 Å². The van der Waals surface area contributed by atoms with Crippen molar-refractivity contribution in [3.05, 3.63) is 47.0 Å². The molecule has 132 valence electrons. The van der Waals surface area contributed by atoms with Crippen molar-refractivity contribution in [3.8, 4) is 0 Å². The summed E-state index contributed by atoms with van der Waals surface area (Å²) in [6, 6.07) is 7.97. The Balaban J connectivity index is 2.90. The van der Waals surface area contributed by atoms with Crippen molar-refractivity contribution in [1.29, 1.82) is 0 Å². The average Bonchev–Trinajstić information content (AvgIpc) is 2.44. The van der Waals surface area contributed by atoms with Crippen molar-refractivity contribution in [2.24, 2.45) is 5.92 Å². The molecule has 0 radical (unpaired) electrons. The first-order valence-corrected chi connectivity index (χ1v) is 8.08. The number of rotatable bonds is 9. The zero-order valence-electron chi connectivity index (χ0n) is 14.8. The van der Waals surface area contributed by atoms with Gasteiger partial charge in [-0.25, -0.2) is 0 Å². The van der Waals surface area contributed by atoms with Gasteiger partial charge in [-0.15, -0.1) is 0 Å². The van der Waals surface area contributed by atoms with Gasteiger partial charge in [-0.2, -0.15) is 0 Å². The van der Waals surface area contributed by atoms with Crippen LogP contribution in [0.4, 0.5) is 0 Å². The van der Waals surface area contributed by atoms with Gasteiger partial charge in [0.1, 0.15) is 0 Å². The average molecular weight is 333 g/mol. The van der Waals surface area contributed by atoms with Crippen LogP contribution in [0.1, 0.15) is 44.7 Å². The van der Waals surface area contributed by atoms with Crippen molar-refractivity contribution in [2.45, 2.75) is 40.2 Å². The van der Waals surface area contributed by atoms with Gasteiger partial charge in [-0.05, 0) is 30.9 Å². The van der Waals surface area contributed by atoms with Crippen LogP contribution in [0.5, 0.6) is 0 Å². The maximum absolute atomic E-state index is 10.9. The standard InChI is InChI=1S/C19H27NO4/c1-13(2)9-17(14(3)4)16-7-5-15(6-8-16)10-20(11-18(21)22)12-19(23)24/h5-9,14,17H,10-12H2,1-4H3,(H,21,22)(H,23,24). The third kappa shape index (κ3) is 6.96. The fraction of sp³-hybridized carbons (Fsp3) is 0.474. The second-order valence-corrected chi connectivity index (χ2v) is 6.69. The highest BCUT2D eigenvalue weighted by Crippen LogP contribution is 2.27.